The molecular formula is C15H24BrNO2. The van der Waals surface area contributed by atoms with E-state index in [1.54, 1.807) is 0 Å². The van der Waals surface area contributed by atoms with E-state index in [0.717, 1.165) is 17.4 Å². The lowest BCUT2D eigenvalue weighted by Gasteiger charge is -2.20. The number of hydrogen-bond donors (Lipinski definition) is 1. The summed E-state index contributed by atoms with van der Waals surface area (Å²) in [5.74, 6) is 0. The standard InChI is InChI=1S/C15H24BrNO2/c1-4-18-15(19-5-2)11-17-12(3)10-13-6-8-14(16)9-7-13/h6-9,12,15,17H,4-5,10-11H2,1-3H3. The van der Waals surface area contributed by atoms with Gasteiger partial charge in [-0.05, 0) is 44.9 Å². The maximum atomic E-state index is 5.51. The summed E-state index contributed by atoms with van der Waals surface area (Å²) in [6, 6.07) is 8.83. The zero-order chi connectivity index (χ0) is 14.1. The molecule has 0 spiro atoms. The Morgan fingerprint density at radius 2 is 1.68 bits per heavy atom. The van der Waals surface area contributed by atoms with Crippen molar-refractivity contribution in [2.45, 2.75) is 39.5 Å². The molecule has 0 aliphatic carbocycles. The van der Waals surface area contributed by atoms with Crippen molar-refractivity contribution in [3.63, 3.8) is 0 Å². The number of halogens is 1. The van der Waals surface area contributed by atoms with Gasteiger partial charge in [0.15, 0.2) is 6.29 Å². The lowest BCUT2D eigenvalue weighted by atomic mass is 10.1. The fourth-order valence-corrected chi connectivity index (χ4v) is 2.15. The van der Waals surface area contributed by atoms with Gasteiger partial charge in [0, 0.05) is 30.3 Å². The zero-order valence-electron chi connectivity index (χ0n) is 12.0. The smallest absolute Gasteiger partial charge is 0.169 e. The van der Waals surface area contributed by atoms with Crippen LogP contribution in [0.1, 0.15) is 26.3 Å². The average molecular weight is 330 g/mol. The molecule has 1 rings (SSSR count). The molecule has 0 bridgehead atoms. The van der Waals surface area contributed by atoms with Crippen molar-refractivity contribution in [2.24, 2.45) is 0 Å². The summed E-state index contributed by atoms with van der Waals surface area (Å²) in [5.41, 5.74) is 1.33. The monoisotopic (exact) mass is 329 g/mol. The van der Waals surface area contributed by atoms with E-state index in [1.165, 1.54) is 5.56 Å². The molecule has 0 heterocycles. The summed E-state index contributed by atoms with van der Waals surface area (Å²) in [4.78, 5) is 0. The molecule has 0 aliphatic heterocycles. The Hall–Kier alpha value is -0.420. The highest BCUT2D eigenvalue weighted by Gasteiger charge is 2.10. The Balaban J connectivity index is 2.33. The van der Waals surface area contributed by atoms with Gasteiger partial charge in [0.05, 0.1) is 0 Å². The van der Waals surface area contributed by atoms with Crippen LogP contribution in [0.25, 0.3) is 0 Å². The SMILES string of the molecule is CCOC(CNC(C)Cc1ccc(Br)cc1)OCC. The lowest BCUT2D eigenvalue weighted by molar-refractivity contribution is -0.133. The van der Waals surface area contributed by atoms with E-state index in [-0.39, 0.29) is 6.29 Å². The first-order valence-electron chi connectivity index (χ1n) is 6.86. The van der Waals surface area contributed by atoms with Crippen LogP contribution in [0, 0.1) is 0 Å². The molecule has 1 aromatic carbocycles. The van der Waals surface area contributed by atoms with Gasteiger partial charge in [-0.3, -0.25) is 0 Å². The fourth-order valence-electron chi connectivity index (χ4n) is 1.88. The summed E-state index contributed by atoms with van der Waals surface area (Å²) >= 11 is 3.45. The predicted octanol–water partition coefficient (Wildman–Crippen LogP) is 3.37. The minimum Gasteiger partial charge on any atom is -0.352 e. The third kappa shape index (κ3) is 7.06. The van der Waals surface area contributed by atoms with Crippen LogP contribution >= 0.6 is 15.9 Å². The minimum absolute atomic E-state index is 0.151. The molecule has 0 aliphatic rings. The van der Waals surface area contributed by atoms with E-state index >= 15 is 0 Å². The highest BCUT2D eigenvalue weighted by atomic mass is 79.9. The van der Waals surface area contributed by atoms with Crippen molar-refractivity contribution in [3.05, 3.63) is 34.3 Å². The second-order valence-corrected chi connectivity index (χ2v) is 5.40. The maximum absolute atomic E-state index is 5.51. The minimum atomic E-state index is -0.151. The molecular weight excluding hydrogens is 306 g/mol. The molecule has 1 N–H and O–H groups in total. The van der Waals surface area contributed by atoms with E-state index in [4.69, 9.17) is 9.47 Å². The van der Waals surface area contributed by atoms with Gasteiger partial charge >= 0.3 is 0 Å². The zero-order valence-corrected chi connectivity index (χ0v) is 13.6. The van der Waals surface area contributed by atoms with Gasteiger partial charge in [0.25, 0.3) is 0 Å². The van der Waals surface area contributed by atoms with Crippen molar-refractivity contribution in [3.8, 4) is 0 Å². The highest BCUT2D eigenvalue weighted by Crippen LogP contribution is 2.11. The molecule has 3 nitrogen and oxygen atoms in total. The molecule has 19 heavy (non-hydrogen) atoms. The Morgan fingerprint density at radius 1 is 1.11 bits per heavy atom. The lowest BCUT2D eigenvalue weighted by Crippen LogP contribution is -2.37. The third-order valence-electron chi connectivity index (χ3n) is 2.79. The first kappa shape index (κ1) is 16.6. The van der Waals surface area contributed by atoms with Crippen LogP contribution in [0.3, 0.4) is 0 Å². The van der Waals surface area contributed by atoms with Crippen molar-refractivity contribution >= 4 is 15.9 Å². The van der Waals surface area contributed by atoms with Crippen LogP contribution in [-0.4, -0.2) is 32.1 Å². The summed E-state index contributed by atoms with van der Waals surface area (Å²) in [6.45, 7) is 8.21. The number of rotatable bonds is 9. The Morgan fingerprint density at radius 3 is 2.21 bits per heavy atom. The summed E-state index contributed by atoms with van der Waals surface area (Å²) in [6.07, 6.45) is 0.848. The van der Waals surface area contributed by atoms with E-state index in [1.807, 2.05) is 13.8 Å². The molecule has 108 valence electrons. The Labute approximate surface area is 124 Å². The molecule has 1 atom stereocenters. The van der Waals surface area contributed by atoms with E-state index in [0.29, 0.717) is 19.3 Å². The number of benzene rings is 1. The first-order chi connectivity index (χ1) is 9.15. The molecule has 0 fully saturated rings. The second kappa shape index (κ2) is 9.48. The quantitative estimate of drug-likeness (QED) is 0.704. The predicted molar refractivity (Wildman–Crippen MR) is 82.4 cm³/mol. The Kier molecular flexibility index (Phi) is 8.30. The van der Waals surface area contributed by atoms with Crippen LogP contribution in [0.15, 0.2) is 28.7 Å². The number of ether oxygens (including phenoxy) is 2. The van der Waals surface area contributed by atoms with Crippen LogP contribution in [-0.2, 0) is 15.9 Å². The highest BCUT2D eigenvalue weighted by molar-refractivity contribution is 9.10. The van der Waals surface area contributed by atoms with Gasteiger partial charge < -0.3 is 14.8 Å². The first-order valence-corrected chi connectivity index (χ1v) is 7.66. The van der Waals surface area contributed by atoms with Crippen molar-refractivity contribution < 1.29 is 9.47 Å². The molecule has 1 aromatic rings. The fraction of sp³-hybridized carbons (Fsp3) is 0.600. The van der Waals surface area contributed by atoms with Gasteiger partial charge in [0.2, 0.25) is 0 Å². The van der Waals surface area contributed by atoms with Crippen LogP contribution in [0.5, 0.6) is 0 Å². The summed E-state index contributed by atoms with van der Waals surface area (Å²) < 4.78 is 12.1. The largest absolute Gasteiger partial charge is 0.352 e. The molecule has 0 amide bonds. The summed E-state index contributed by atoms with van der Waals surface area (Å²) in [7, 11) is 0. The van der Waals surface area contributed by atoms with Crippen molar-refractivity contribution in [1.82, 2.24) is 5.32 Å². The molecule has 0 radical (unpaired) electrons. The van der Waals surface area contributed by atoms with Crippen LogP contribution in [0.4, 0.5) is 0 Å². The number of hydrogen-bond acceptors (Lipinski definition) is 3. The summed E-state index contributed by atoms with van der Waals surface area (Å²) in [5, 5.41) is 3.45. The van der Waals surface area contributed by atoms with E-state index in [2.05, 4.69) is 52.4 Å². The van der Waals surface area contributed by atoms with Gasteiger partial charge in [-0.1, -0.05) is 28.1 Å². The third-order valence-corrected chi connectivity index (χ3v) is 3.32. The Bertz CT molecular complexity index is 337. The molecule has 4 heteroatoms. The number of nitrogens with one attached hydrogen (secondary N) is 1. The van der Waals surface area contributed by atoms with Crippen LogP contribution < -0.4 is 5.32 Å². The molecule has 1 unspecified atom stereocenters. The normalized spacial score (nSPS) is 12.9. The van der Waals surface area contributed by atoms with E-state index < -0.39 is 0 Å². The van der Waals surface area contributed by atoms with Crippen molar-refractivity contribution in [1.29, 1.82) is 0 Å². The topological polar surface area (TPSA) is 30.5 Å². The van der Waals surface area contributed by atoms with Gasteiger partial charge in [-0.2, -0.15) is 0 Å². The van der Waals surface area contributed by atoms with Gasteiger partial charge in [-0.25, -0.2) is 0 Å². The van der Waals surface area contributed by atoms with Gasteiger partial charge in [0.1, 0.15) is 0 Å². The van der Waals surface area contributed by atoms with Crippen LogP contribution in [0.2, 0.25) is 0 Å². The van der Waals surface area contributed by atoms with E-state index in [9.17, 15) is 0 Å². The van der Waals surface area contributed by atoms with Gasteiger partial charge in [-0.15, -0.1) is 0 Å². The maximum Gasteiger partial charge on any atom is 0.169 e. The van der Waals surface area contributed by atoms with Crippen molar-refractivity contribution in [2.75, 3.05) is 19.8 Å². The second-order valence-electron chi connectivity index (χ2n) is 4.48. The average Bonchev–Trinajstić information content (AvgIpc) is 2.39. The molecule has 0 aromatic heterocycles. The molecule has 0 saturated heterocycles. The molecule has 0 saturated carbocycles.